The monoisotopic (exact) mass is 215 g/mol. The first kappa shape index (κ1) is 9.02. The summed E-state index contributed by atoms with van der Waals surface area (Å²) in [5.41, 5.74) is 1.11. The molecule has 0 aliphatic carbocycles. The lowest BCUT2D eigenvalue weighted by molar-refractivity contribution is -0.136. The van der Waals surface area contributed by atoms with Crippen molar-refractivity contribution < 1.29 is 9.90 Å². The normalized spacial score (nSPS) is 15.4. The lowest BCUT2D eigenvalue weighted by Crippen LogP contribution is -2.00. The Morgan fingerprint density at radius 1 is 1.62 bits per heavy atom. The van der Waals surface area contributed by atoms with Gasteiger partial charge >= 0.3 is 5.97 Å². The SMILES string of the molecule is O=C(O)Cc1nc2c(s1)CCSC2. The van der Waals surface area contributed by atoms with E-state index in [9.17, 15) is 4.79 Å². The van der Waals surface area contributed by atoms with Gasteiger partial charge in [0.05, 0.1) is 12.1 Å². The molecule has 1 aromatic heterocycles. The zero-order chi connectivity index (χ0) is 9.26. The fourth-order valence-corrected chi connectivity index (χ4v) is 3.50. The van der Waals surface area contributed by atoms with Crippen molar-refractivity contribution in [2.75, 3.05) is 5.75 Å². The number of aliphatic carboxylic acids is 1. The van der Waals surface area contributed by atoms with Gasteiger partial charge in [-0.1, -0.05) is 0 Å². The van der Waals surface area contributed by atoms with Gasteiger partial charge in [0, 0.05) is 10.6 Å². The molecule has 0 atom stereocenters. The molecule has 13 heavy (non-hydrogen) atoms. The van der Waals surface area contributed by atoms with Crippen LogP contribution in [0.4, 0.5) is 0 Å². The average Bonchev–Trinajstić information content (AvgIpc) is 2.44. The molecule has 0 aromatic carbocycles. The minimum atomic E-state index is -0.793. The van der Waals surface area contributed by atoms with Gasteiger partial charge in [0.15, 0.2) is 0 Å². The predicted molar refractivity (Wildman–Crippen MR) is 53.3 cm³/mol. The van der Waals surface area contributed by atoms with Gasteiger partial charge in [0.1, 0.15) is 5.01 Å². The molecule has 2 rings (SSSR count). The third-order valence-corrected chi connectivity index (χ3v) is 3.96. The van der Waals surface area contributed by atoms with Crippen LogP contribution >= 0.6 is 23.1 Å². The first-order valence-corrected chi connectivity index (χ1v) is 6.00. The van der Waals surface area contributed by atoms with E-state index in [0.717, 1.165) is 28.6 Å². The van der Waals surface area contributed by atoms with Crippen LogP contribution in [0.2, 0.25) is 0 Å². The molecule has 70 valence electrons. The highest BCUT2D eigenvalue weighted by molar-refractivity contribution is 7.98. The van der Waals surface area contributed by atoms with E-state index in [1.54, 1.807) is 11.3 Å². The Morgan fingerprint density at radius 3 is 3.15 bits per heavy atom. The zero-order valence-corrected chi connectivity index (χ0v) is 8.58. The highest BCUT2D eigenvalue weighted by Crippen LogP contribution is 2.28. The lowest BCUT2D eigenvalue weighted by atomic mass is 10.3. The van der Waals surface area contributed by atoms with Crippen LogP contribution < -0.4 is 0 Å². The van der Waals surface area contributed by atoms with Crippen LogP contribution in [0.1, 0.15) is 15.6 Å². The zero-order valence-electron chi connectivity index (χ0n) is 6.95. The van der Waals surface area contributed by atoms with Crippen molar-refractivity contribution in [3.8, 4) is 0 Å². The number of thioether (sulfide) groups is 1. The van der Waals surface area contributed by atoms with Crippen molar-refractivity contribution in [3.63, 3.8) is 0 Å². The maximum Gasteiger partial charge on any atom is 0.310 e. The number of thiazole rings is 1. The third-order valence-electron chi connectivity index (χ3n) is 1.84. The smallest absolute Gasteiger partial charge is 0.310 e. The number of carboxylic acids is 1. The predicted octanol–water partition coefficient (Wildman–Crippen LogP) is 1.56. The molecule has 0 amide bonds. The van der Waals surface area contributed by atoms with E-state index in [-0.39, 0.29) is 6.42 Å². The van der Waals surface area contributed by atoms with E-state index in [1.165, 1.54) is 4.88 Å². The van der Waals surface area contributed by atoms with Crippen molar-refractivity contribution >= 4 is 29.1 Å². The Kier molecular flexibility index (Phi) is 2.55. The fourth-order valence-electron chi connectivity index (χ4n) is 1.28. The average molecular weight is 215 g/mol. The summed E-state index contributed by atoms with van der Waals surface area (Å²) in [6.45, 7) is 0. The van der Waals surface area contributed by atoms with E-state index < -0.39 is 5.97 Å². The molecule has 0 radical (unpaired) electrons. The highest BCUT2D eigenvalue weighted by atomic mass is 32.2. The van der Waals surface area contributed by atoms with E-state index in [2.05, 4.69) is 4.98 Å². The van der Waals surface area contributed by atoms with E-state index in [0.29, 0.717) is 0 Å². The van der Waals surface area contributed by atoms with Crippen LogP contribution in [0, 0.1) is 0 Å². The molecule has 1 aliphatic heterocycles. The molecule has 1 N–H and O–H groups in total. The van der Waals surface area contributed by atoms with Gasteiger partial charge in [-0.05, 0) is 12.2 Å². The molecule has 5 heteroatoms. The number of rotatable bonds is 2. The second-order valence-electron chi connectivity index (χ2n) is 2.85. The summed E-state index contributed by atoms with van der Waals surface area (Å²) in [6.07, 6.45) is 1.12. The highest BCUT2D eigenvalue weighted by Gasteiger charge is 2.16. The Labute approximate surface area is 84.2 Å². The number of carboxylic acid groups (broad SMARTS) is 1. The Bertz CT molecular complexity index is 311. The van der Waals surface area contributed by atoms with E-state index in [4.69, 9.17) is 5.11 Å². The lowest BCUT2D eigenvalue weighted by Gasteiger charge is -2.06. The van der Waals surface area contributed by atoms with Crippen molar-refractivity contribution in [2.24, 2.45) is 0 Å². The number of carbonyl (C=O) groups is 1. The van der Waals surface area contributed by atoms with Crippen LogP contribution in [0.3, 0.4) is 0 Å². The van der Waals surface area contributed by atoms with Crippen molar-refractivity contribution in [1.29, 1.82) is 0 Å². The third kappa shape index (κ3) is 2.03. The topological polar surface area (TPSA) is 50.2 Å². The molecule has 1 aromatic rings. The van der Waals surface area contributed by atoms with Gasteiger partial charge in [0.2, 0.25) is 0 Å². The molecule has 0 bridgehead atoms. The van der Waals surface area contributed by atoms with Gasteiger partial charge in [-0.3, -0.25) is 4.79 Å². The van der Waals surface area contributed by atoms with E-state index >= 15 is 0 Å². The Balaban J connectivity index is 2.20. The molecule has 1 aliphatic rings. The summed E-state index contributed by atoms with van der Waals surface area (Å²) >= 11 is 3.42. The van der Waals surface area contributed by atoms with Crippen molar-refractivity contribution in [3.05, 3.63) is 15.6 Å². The molecular weight excluding hydrogens is 206 g/mol. The summed E-state index contributed by atoms with van der Waals surface area (Å²) in [5, 5.41) is 9.34. The number of nitrogens with zero attached hydrogens (tertiary/aromatic N) is 1. The standard InChI is InChI=1S/C8H9NO2S2/c10-8(11)3-7-9-5-4-12-2-1-6(5)13-7/h1-4H2,(H,10,11). The molecule has 0 fully saturated rings. The van der Waals surface area contributed by atoms with Gasteiger partial charge in [-0.25, -0.2) is 4.98 Å². The van der Waals surface area contributed by atoms with Crippen LogP contribution in [0.5, 0.6) is 0 Å². The van der Waals surface area contributed by atoms with Crippen LogP contribution in [0.25, 0.3) is 0 Å². The number of hydrogen-bond donors (Lipinski definition) is 1. The minimum Gasteiger partial charge on any atom is -0.481 e. The van der Waals surface area contributed by atoms with Crippen molar-refractivity contribution in [2.45, 2.75) is 18.6 Å². The summed E-state index contributed by atoms with van der Waals surface area (Å²) in [6, 6.07) is 0. The summed E-state index contributed by atoms with van der Waals surface area (Å²) < 4.78 is 0. The molecule has 0 saturated carbocycles. The van der Waals surface area contributed by atoms with Crippen molar-refractivity contribution in [1.82, 2.24) is 4.98 Å². The summed E-state index contributed by atoms with van der Waals surface area (Å²) in [5.74, 6) is 1.30. The van der Waals surface area contributed by atoms with Gasteiger partial charge < -0.3 is 5.11 Å². The molecule has 0 saturated heterocycles. The van der Waals surface area contributed by atoms with Gasteiger partial charge in [-0.2, -0.15) is 11.8 Å². The molecule has 2 heterocycles. The van der Waals surface area contributed by atoms with Crippen LogP contribution in [-0.4, -0.2) is 21.8 Å². The molecule has 3 nitrogen and oxygen atoms in total. The number of aryl methyl sites for hydroxylation is 1. The maximum absolute atomic E-state index is 10.4. The van der Waals surface area contributed by atoms with E-state index in [1.807, 2.05) is 11.8 Å². The number of hydrogen-bond acceptors (Lipinski definition) is 4. The fraction of sp³-hybridized carbons (Fsp3) is 0.500. The maximum atomic E-state index is 10.4. The van der Waals surface area contributed by atoms with Gasteiger partial charge in [-0.15, -0.1) is 11.3 Å². The minimum absolute atomic E-state index is 0.0718. The summed E-state index contributed by atoms with van der Waals surface area (Å²) in [4.78, 5) is 16.0. The Morgan fingerprint density at radius 2 is 2.46 bits per heavy atom. The van der Waals surface area contributed by atoms with Crippen LogP contribution in [-0.2, 0) is 23.4 Å². The number of fused-ring (bicyclic) bond motifs is 1. The largest absolute Gasteiger partial charge is 0.481 e. The second kappa shape index (κ2) is 3.67. The molecule has 0 unspecified atom stereocenters. The van der Waals surface area contributed by atoms with Gasteiger partial charge in [0.25, 0.3) is 0 Å². The molecular formula is C8H9NO2S2. The van der Waals surface area contributed by atoms with Crippen LogP contribution in [0.15, 0.2) is 0 Å². The molecule has 0 spiro atoms. The first-order chi connectivity index (χ1) is 6.25. The quantitative estimate of drug-likeness (QED) is 0.813. The summed E-state index contributed by atoms with van der Waals surface area (Å²) in [7, 11) is 0. The Hall–Kier alpha value is -0.550. The number of aromatic nitrogens is 1. The first-order valence-electron chi connectivity index (χ1n) is 4.02. The second-order valence-corrected chi connectivity index (χ2v) is 5.12.